The number of ether oxygens (including phenoxy) is 1. The van der Waals surface area contributed by atoms with E-state index in [4.69, 9.17) is 11.2 Å². The van der Waals surface area contributed by atoms with Gasteiger partial charge in [-0.05, 0) is 25.7 Å². The molecule has 0 radical (unpaired) electrons. The molecule has 1 aliphatic rings. The van der Waals surface area contributed by atoms with Gasteiger partial charge in [0.1, 0.15) is 0 Å². The smallest absolute Gasteiger partial charge is 0.0680 e. The van der Waals surface area contributed by atoms with Gasteiger partial charge < -0.3 is 4.74 Å². The lowest BCUT2D eigenvalue weighted by atomic mass is 9.78. The van der Waals surface area contributed by atoms with Gasteiger partial charge in [0.05, 0.1) is 12.2 Å². The van der Waals surface area contributed by atoms with Crippen molar-refractivity contribution in [2.24, 2.45) is 0 Å². The predicted octanol–water partition coefficient (Wildman–Crippen LogP) is 2.36. The summed E-state index contributed by atoms with van der Waals surface area (Å²) >= 11 is 0. The van der Waals surface area contributed by atoms with Crippen LogP contribution in [0.4, 0.5) is 0 Å². The van der Waals surface area contributed by atoms with Gasteiger partial charge in [-0.25, -0.2) is 0 Å². The van der Waals surface area contributed by atoms with E-state index < -0.39 is 0 Å². The van der Waals surface area contributed by atoms with E-state index in [9.17, 15) is 0 Å². The van der Waals surface area contributed by atoms with Crippen LogP contribution in [-0.2, 0) is 4.74 Å². The number of hydrogen-bond donors (Lipinski definition) is 0. The summed E-state index contributed by atoms with van der Waals surface area (Å²) in [5.41, 5.74) is 0.219. The minimum atomic E-state index is 0.219. The van der Waals surface area contributed by atoms with Crippen LogP contribution < -0.4 is 0 Å². The van der Waals surface area contributed by atoms with Gasteiger partial charge in [0.2, 0.25) is 0 Å². The van der Waals surface area contributed by atoms with E-state index in [2.05, 4.69) is 12.8 Å². The first-order chi connectivity index (χ1) is 5.33. The Morgan fingerprint density at radius 1 is 1.55 bits per heavy atom. The summed E-state index contributed by atoms with van der Waals surface area (Å²) in [6.45, 7) is 2.93. The van der Waals surface area contributed by atoms with Crippen molar-refractivity contribution in [2.45, 2.75) is 44.6 Å². The first kappa shape index (κ1) is 8.62. The Morgan fingerprint density at radius 3 is 2.64 bits per heavy atom. The van der Waals surface area contributed by atoms with Crippen LogP contribution in [0, 0.1) is 12.3 Å². The van der Waals surface area contributed by atoms with Crippen LogP contribution >= 0.6 is 0 Å². The van der Waals surface area contributed by atoms with E-state index >= 15 is 0 Å². The van der Waals surface area contributed by atoms with Crippen molar-refractivity contribution < 1.29 is 4.74 Å². The molecule has 0 unspecified atom stereocenters. The first-order valence-corrected chi connectivity index (χ1v) is 4.40. The van der Waals surface area contributed by atoms with Crippen LogP contribution in [0.5, 0.6) is 0 Å². The zero-order chi connectivity index (χ0) is 8.16. The fourth-order valence-electron chi connectivity index (χ4n) is 1.50. The highest BCUT2D eigenvalue weighted by molar-refractivity contribution is 4.89. The highest BCUT2D eigenvalue weighted by atomic mass is 16.5. The van der Waals surface area contributed by atoms with Gasteiger partial charge in [-0.3, -0.25) is 0 Å². The molecular formula is C10H16O. The molecule has 1 nitrogen and oxygen atoms in total. The van der Waals surface area contributed by atoms with E-state index in [-0.39, 0.29) is 5.60 Å². The van der Waals surface area contributed by atoms with Crippen LogP contribution in [0.25, 0.3) is 0 Å². The molecule has 0 heterocycles. The molecule has 0 bridgehead atoms. The first-order valence-electron chi connectivity index (χ1n) is 4.40. The van der Waals surface area contributed by atoms with Crippen LogP contribution in [0.3, 0.4) is 0 Å². The zero-order valence-corrected chi connectivity index (χ0v) is 7.23. The minimum Gasteiger partial charge on any atom is -0.374 e. The van der Waals surface area contributed by atoms with Gasteiger partial charge in [-0.2, -0.15) is 0 Å². The second-order valence-corrected chi connectivity index (χ2v) is 3.19. The molecule has 1 rings (SSSR count). The Bertz CT molecular complexity index is 145. The third-order valence-electron chi connectivity index (χ3n) is 2.56. The maximum absolute atomic E-state index is 5.71. The summed E-state index contributed by atoms with van der Waals surface area (Å²) in [6.07, 6.45) is 10.8. The van der Waals surface area contributed by atoms with Crippen molar-refractivity contribution in [1.29, 1.82) is 0 Å². The summed E-state index contributed by atoms with van der Waals surface area (Å²) in [6, 6.07) is 0. The molecule has 1 aliphatic carbocycles. The summed E-state index contributed by atoms with van der Waals surface area (Å²) in [5.74, 6) is 2.59. The minimum absolute atomic E-state index is 0.219. The SMILES string of the molecule is C#CCCOC1(CC)CCC1. The molecule has 0 aromatic heterocycles. The number of hydrogen-bond acceptors (Lipinski definition) is 1. The molecule has 1 heteroatoms. The summed E-state index contributed by atoms with van der Waals surface area (Å²) < 4.78 is 5.71. The highest BCUT2D eigenvalue weighted by Crippen LogP contribution is 2.38. The highest BCUT2D eigenvalue weighted by Gasteiger charge is 2.35. The van der Waals surface area contributed by atoms with E-state index in [1.54, 1.807) is 0 Å². The molecule has 0 aliphatic heterocycles. The van der Waals surface area contributed by atoms with Gasteiger partial charge in [0.25, 0.3) is 0 Å². The normalized spacial score (nSPS) is 20.4. The Balaban J connectivity index is 2.17. The Kier molecular flexibility index (Phi) is 2.96. The lowest BCUT2D eigenvalue weighted by Gasteiger charge is -2.40. The Morgan fingerprint density at radius 2 is 2.27 bits per heavy atom. The topological polar surface area (TPSA) is 9.23 Å². The monoisotopic (exact) mass is 152 g/mol. The fraction of sp³-hybridized carbons (Fsp3) is 0.800. The maximum Gasteiger partial charge on any atom is 0.0680 e. The summed E-state index contributed by atoms with van der Waals surface area (Å²) in [7, 11) is 0. The van der Waals surface area contributed by atoms with Gasteiger partial charge >= 0.3 is 0 Å². The van der Waals surface area contributed by atoms with Crippen LogP contribution in [0.1, 0.15) is 39.0 Å². The van der Waals surface area contributed by atoms with Crippen molar-refractivity contribution in [3.63, 3.8) is 0 Å². The average molecular weight is 152 g/mol. The molecule has 0 amide bonds. The molecule has 0 saturated heterocycles. The lowest BCUT2D eigenvalue weighted by molar-refractivity contribution is -0.0996. The predicted molar refractivity (Wildman–Crippen MR) is 46.3 cm³/mol. The lowest BCUT2D eigenvalue weighted by Crippen LogP contribution is -2.39. The van der Waals surface area contributed by atoms with Crippen molar-refractivity contribution in [3.8, 4) is 12.3 Å². The summed E-state index contributed by atoms with van der Waals surface area (Å²) in [4.78, 5) is 0. The van der Waals surface area contributed by atoms with Gasteiger partial charge in [-0.1, -0.05) is 6.92 Å². The van der Waals surface area contributed by atoms with Crippen molar-refractivity contribution in [1.82, 2.24) is 0 Å². The van der Waals surface area contributed by atoms with E-state index in [1.165, 1.54) is 19.3 Å². The van der Waals surface area contributed by atoms with Crippen molar-refractivity contribution in [3.05, 3.63) is 0 Å². The van der Waals surface area contributed by atoms with Crippen LogP contribution in [-0.4, -0.2) is 12.2 Å². The number of terminal acetylenes is 1. The van der Waals surface area contributed by atoms with E-state index in [0.717, 1.165) is 19.4 Å². The molecule has 0 aromatic rings. The van der Waals surface area contributed by atoms with Crippen molar-refractivity contribution in [2.75, 3.05) is 6.61 Å². The standard InChI is InChI=1S/C10H16O/c1-3-5-9-11-10(4-2)7-6-8-10/h1H,4-9H2,2H3. The second kappa shape index (κ2) is 3.78. The maximum atomic E-state index is 5.71. The fourth-order valence-corrected chi connectivity index (χ4v) is 1.50. The number of rotatable bonds is 4. The molecule has 1 saturated carbocycles. The van der Waals surface area contributed by atoms with Gasteiger partial charge in [-0.15, -0.1) is 12.3 Å². The molecule has 1 fully saturated rings. The Labute approximate surface area is 69.1 Å². The zero-order valence-electron chi connectivity index (χ0n) is 7.23. The van der Waals surface area contributed by atoms with E-state index in [1.807, 2.05) is 0 Å². The summed E-state index contributed by atoms with van der Waals surface area (Å²) in [5, 5.41) is 0. The molecule has 62 valence electrons. The van der Waals surface area contributed by atoms with Gasteiger partial charge in [0.15, 0.2) is 0 Å². The van der Waals surface area contributed by atoms with Gasteiger partial charge in [0, 0.05) is 6.42 Å². The molecular weight excluding hydrogens is 136 g/mol. The van der Waals surface area contributed by atoms with E-state index in [0.29, 0.717) is 0 Å². The largest absolute Gasteiger partial charge is 0.374 e. The second-order valence-electron chi connectivity index (χ2n) is 3.19. The third kappa shape index (κ3) is 1.97. The van der Waals surface area contributed by atoms with Crippen LogP contribution in [0.2, 0.25) is 0 Å². The molecule has 0 N–H and O–H groups in total. The van der Waals surface area contributed by atoms with Crippen LogP contribution in [0.15, 0.2) is 0 Å². The quantitative estimate of drug-likeness (QED) is 0.444. The average Bonchev–Trinajstić information content (AvgIpc) is 1.95. The molecule has 11 heavy (non-hydrogen) atoms. The molecule has 0 aromatic carbocycles. The third-order valence-corrected chi connectivity index (χ3v) is 2.56. The van der Waals surface area contributed by atoms with Crippen molar-refractivity contribution >= 4 is 0 Å². The molecule has 0 spiro atoms. The molecule has 0 atom stereocenters. The Hall–Kier alpha value is -0.480.